The van der Waals surface area contributed by atoms with Crippen molar-refractivity contribution in [1.29, 1.82) is 0 Å². The number of ether oxygens (including phenoxy) is 2. The van der Waals surface area contributed by atoms with E-state index < -0.39 is 0 Å². The highest BCUT2D eigenvalue weighted by Gasteiger charge is 2.34. The van der Waals surface area contributed by atoms with Crippen molar-refractivity contribution in [3.63, 3.8) is 0 Å². The van der Waals surface area contributed by atoms with Crippen LogP contribution in [-0.2, 0) is 4.74 Å². The smallest absolute Gasteiger partial charge is 0.127 e. The van der Waals surface area contributed by atoms with Gasteiger partial charge in [-0.15, -0.1) is 0 Å². The minimum absolute atomic E-state index is 0.200. The van der Waals surface area contributed by atoms with Gasteiger partial charge in [0, 0.05) is 24.6 Å². The summed E-state index contributed by atoms with van der Waals surface area (Å²) in [5.74, 6) is 1.02. The third-order valence-corrected chi connectivity index (χ3v) is 3.87. The molecule has 0 spiro atoms. The molecule has 0 radical (unpaired) electrons. The van der Waals surface area contributed by atoms with Crippen LogP contribution in [0.1, 0.15) is 37.8 Å². The Bertz CT molecular complexity index is 401. The van der Waals surface area contributed by atoms with Crippen molar-refractivity contribution in [3.05, 3.63) is 29.8 Å². The summed E-state index contributed by atoms with van der Waals surface area (Å²) in [5.41, 5.74) is 1.29. The Morgan fingerprint density at radius 1 is 1.28 bits per heavy atom. The monoisotopic (exact) mass is 247 g/mol. The average Bonchev–Trinajstić information content (AvgIpc) is 2.93. The van der Waals surface area contributed by atoms with E-state index in [0.717, 1.165) is 38.2 Å². The number of para-hydroxylation sites is 1. The molecule has 0 saturated carbocycles. The van der Waals surface area contributed by atoms with E-state index in [9.17, 15) is 0 Å². The summed E-state index contributed by atoms with van der Waals surface area (Å²) in [5, 5.41) is 3.56. The lowest BCUT2D eigenvalue weighted by Crippen LogP contribution is -2.39. The first-order chi connectivity index (χ1) is 8.88. The largest absolute Gasteiger partial charge is 0.487 e. The molecule has 3 heteroatoms. The zero-order chi connectivity index (χ0) is 12.4. The molecule has 1 N–H and O–H groups in total. The molecule has 1 saturated heterocycles. The van der Waals surface area contributed by atoms with Crippen LogP contribution in [0.25, 0.3) is 0 Å². The Balaban J connectivity index is 1.82. The van der Waals surface area contributed by atoms with E-state index in [-0.39, 0.29) is 12.2 Å². The molecule has 3 rings (SSSR count). The maximum absolute atomic E-state index is 6.13. The lowest BCUT2D eigenvalue weighted by molar-refractivity contribution is -0.00435. The van der Waals surface area contributed by atoms with Gasteiger partial charge in [0.1, 0.15) is 11.9 Å². The van der Waals surface area contributed by atoms with Crippen molar-refractivity contribution in [2.24, 2.45) is 0 Å². The van der Waals surface area contributed by atoms with E-state index in [2.05, 4.69) is 30.4 Å². The predicted molar refractivity (Wildman–Crippen MR) is 70.9 cm³/mol. The average molecular weight is 247 g/mol. The van der Waals surface area contributed by atoms with Gasteiger partial charge in [0.05, 0.1) is 6.10 Å². The quantitative estimate of drug-likeness (QED) is 0.890. The Kier molecular flexibility index (Phi) is 3.52. The summed E-state index contributed by atoms with van der Waals surface area (Å²) in [6, 6.07) is 8.75. The molecule has 1 fully saturated rings. The number of hydrogen-bond acceptors (Lipinski definition) is 3. The maximum atomic E-state index is 6.13. The van der Waals surface area contributed by atoms with Crippen molar-refractivity contribution in [3.8, 4) is 5.75 Å². The van der Waals surface area contributed by atoms with E-state index >= 15 is 0 Å². The SMILES string of the molecule is CCNC1CC(C2CCCO2)Oc2ccccc21. The van der Waals surface area contributed by atoms with Gasteiger partial charge in [-0.25, -0.2) is 0 Å². The molecule has 0 amide bonds. The van der Waals surface area contributed by atoms with Crippen LogP contribution in [0.5, 0.6) is 5.75 Å². The Labute approximate surface area is 108 Å². The Morgan fingerprint density at radius 2 is 2.17 bits per heavy atom. The molecule has 0 bridgehead atoms. The van der Waals surface area contributed by atoms with Crippen LogP contribution in [0.4, 0.5) is 0 Å². The number of nitrogens with one attached hydrogen (secondary N) is 1. The highest BCUT2D eigenvalue weighted by Crippen LogP contribution is 2.37. The van der Waals surface area contributed by atoms with Gasteiger partial charge in [0.15, 0.2) is 0 Å². The predicted octanol–water partition coefficient (Wildman–Crippen LogP) is 2.67. The molecule has 3 unspecified atom stereocenters. The fourth-order valence-electron chi connectivity index (χ4n) is 3.01. The topological polar surface area (TPSA) is 30.5 Å². The van der Waals surface area contributed by atoms with E-state index in [1.807, 2.05) is 6.07 Å². The zero-order valence-electron chi connectivity index (χ0n) is 10.9. The second-order valence-corrected chi connectivity index (χ2v) is 5.09. The van der Waals surface area contributed by atoms with Crippen LogP contribution in [0, 0.1) is 0 Å². The van der Waals surface area contributed by atoms with Gasteiger partial charge in [-0.2, -0.15) is 0 Å². The fourth-order valence-corrected chi connectivity index (χ4v) is 3.01. The van der Waals surface area contributed by atoms with Crippen LogP contribution in [-0.4, -0.2) is 25.4 Å². The molecular formula is C15H21NO2. The van der Waals surface area contributed by atoms with Crippen LogP contribution in [0.3, 0.4) is 0 Å². The maximum Gasteiger partial charge on any atom is 0.127 e. The minimum Gasteiger partial charge on any atom is -0.487 e. The van der Waals surface area contributed by atoms with Crippen LogP contribution in [0.15, 0.2) is 24.3 Å². The highest BCUT2D eigenvalue weighted by molar-refractivity contribution is 5.38. The first-order valence-electron chi connectivity index (χ1n) is 6.99. The summed E-state index contributed by atoms with van der Waals surface area (Å²) in [6.45, 7) is 4.02. The van der Waals surface area contributed by atoms with E-state index in [0.29, 0.717) is 6.04 Å². The van der Waals surface area contributed by atoms with Crippen molar-refractivity contribution in [1.82, 2.24) is 5.32 Å². The van der Waals surface area contributed by atoms with E-state index in [4.69, 9.17) is 9.47 Å². The third kappa shape index (κ3) is 2.25. The molecule has 3 nitrogen and oxygen atoms in total. The van der Waals surface area contributed by atoms with Gasteiger partial charge >= 0.3 is 0 Å². The normalized spacial score (nSPS) is 30.8. The zero-order valence-corrected chi connectivity index (χ0v) is 10.9. The number of hydrogen-bond donors (Lipinski definition) is 1. The van der Waals surface area contributed by atoms with E-state index in [1.165, 1.54) is 5.56 Å². The summed E-state index contributed by atoms with van der Waals surface area (Å²) in [6.07, 6.45) is 3.78. The molecule has 2 aliphatic rings. The van der Waals surface area contributed by atoms with Gasteiger partial charge in [0.25, 0.3) is 0 Å². The van der Waals surface area contributed by atoms with E-state index in [1.54, 1.807) is 0 Å². The molecule has 18 heavy (non-hydrogen) atoms. The number of fused-ring (bicyclic) bond motifs is 1. The molecule has 3 atom stereocenters. The Hall–Kier alpha value is -1.06. The van der Waals surface area contributed by atoms with Gasteiger partial charge in [0.2, 0.25) is 0 Å². The summed E-state index contributed by atoms with van der Waals surface area (Å²) in [4.78, 5) is 0. The van der Waals surface area contributed by atoms with Crippen molar-refractivity contribution in [2.75, 3.05) is 13.2 Å². The highest BCUT2D eigenvalue weighted by atomic mass is 16.5. The van der Waals surface area contributed by atoms with Crippen molar-refractivity contribution < 1.29 is 9.47 Å². The molecule has 98 valence electrons. The molecule has 0 aliphatic carbocycles. The number of benzene rings is 1. The second-order valence-electron chi connectivity index (χ2n) is 5.09. The summed E-state index contributed by atoms with van der Waals surface area (Å²) < 4.78 is 11.9. The van der Waals surface area contributed by atoms with Gasteiger partial charge < -0.3 is 14.8 Å². The van der Waals surface area contributed by atoms with Crippen molar-refractivity contribution in [2.45, 2.75) is 44.4 Å². The van der Waals surface area contributed by atoms with Gasteiger partial charge in [-0.1, -0.05) is 25.1 Å². The van der Waals surface area contributed by atoms with Crippen molar-refractivity contribution >= 4 is 0 Å². The first kappa shape index (κ1) is 12.0. The second kappa shape index (κ2) is 5.29. The molecule has 2 heterocycles. The van der Waals surface area contributed by atoms with Crippen LogP contribution < -0.4 is 10.1 Å². The molecule has 2 aliphatic heterocycles. The minimum atomic E-state index is 0.200. The van der Waals surface area contributed by atoms with Crippen LogP contribution >= 0.6 is 0 Å². The molecule has 0 aromatic heterocycles. The van der Waals surface area contributed by atoms with Gasteiger partial charge in [-0.05, 0) is 25.5 Å². The lowest BCUT2D eigenvalue weighted by atomic mass is 9.93. The third-order valence-electron chi connectivity index (χ3n) is 3.87. The number of rotatable bonds is 3. The van der Waals surface area contributed by atoms with Gasteiger partial charge in [-0.3, -0.25) is 0 Å². The first-order valence-corrected chi connectivity index (χ1v) is 6.99. The van der Waals surface area contributed by atoms with Crippen LogP contribution in [0.2, 0.25) is 0 Å². The lowest BCUT2D eigenvalue weighted by Gasteiger charge is -2.35. The molecule has 1 aromatic rings. The molecular weight excluding hydrogens is 226 g/mol. The summed E-state index contributed by atoms with van der Waals surface area (Å²) in [7, 11) is 0. The standard InChI is InChI=1S/C15H21NO2/c1-2-16-12-10-15(14-8-5-9-17-14)18-13-7-4-3-6-11(12)13/h3-4,6-7,12,14-16H,2,5,8-10H2,1H3. The summed E-state index contributed by atoms with van der Waals surface area (Å²) >= 11 is 0. The molecule has 1 aromatic carbocycles. The fraction of sp³-hybridized carbons (Fsp3) is 0.600. The Morgan fingerprint density at radius 3 is 2.94 bits per heavy atom.